The molecule has 0 saturated heterocycles. The molecule has 3 aromatic carbocycles. The predicted octanol–water partition coefficient (Wildman–Crippen LogP) is 6.83. The lowest BCUT2D eigenvalue weighted by atomic mass is 10.0. The van der Waals surface area contributed by atoms with Crippen molar-refractivity contribution in [3.63, 3.8) is 0 Å². The fourth-order valence-electron chi connectivity index (χ4n) is 3.66. The van der Waals surface area contributed by atoms with Crippen molar-refractivity contribution in [1.82, 2.24) is 4.57 Å². The van der Waals surface area contributed by atoms with Gasteiger partial charge in [0.2, 0.25) is 0 Å². The van der Waals surface area contributed by atoms with Crippen molar-refractivity contribution in [2.24, 2.45) is 0 Å². The van der Waals surface area contributed by atoms with E-state index in [2.05, 4.69) is 0 Å². The Bertz CT molecular complexity index is 1490. The summed E-state index contributed by atoms with van der Waals surface area (Å²) in [6, 6.07) is 21.2. The Morgan fingerprint density at radius 3 is 2.28 bits per heavy atom. The highest BCUT2D eigenvalue weighted by Crippen LogP contribution is 2.34. The van der Waals surface area contributed by atoms with E-state index in [0.29, 0.717) is 17.9 Å². The Labute approximate surface area is 208 Å². The van der Waals surface area contributed by atoms with E-state index in [1.54, 1.807) is 12.1 Å². The molecule has 0 amide bonds. The van der Waals surface area contributed by atoms with Crippen molar-refractivity contribution in [3.8, 4) is 23.1 Å². The van der Waals surface area contributed by atoms with E-state index in [0.717, 1.165) is 28.3 Å². The number of nitriles is 1. The van der Waals surface area contributed by atoms with Gasteiger partial charge in [0, 0.05) is 5.02 Å². The van der Waals surface area contributed by atoms with Crippen LogP contribution in [0.25, 0.3) is 11.3 Å². The number of hydrogen-bond donors (Lipinski definition) is 0. The van der Waals surface area contributed by atoms with Gasteiger partial charge in [-0.3, -0.25) is 4.79 Å². The maximum Gasteiger partial charge on any atom is 0.417 e. The van der Waals surface area contributed by atoms with Gasteiger partial charge >= 0.3 is 6.18 Å². The topological polar surface area (TPSA) is 55.0 Å². The van der Waals surface area contributed by atoms with Crippen LogP contribution in [-0.4, -0.2) is 4.57 Å². The Hall–Kier alpha value is -4.09. The second-order valence-electron chi connectivity index (χ2n) is 7.85. The number of hydrogen-bond acceptors (Lipinski definition) is 3. The average Bonchev–Trinajstić information content (AvgIpc) is 2.85. The van der Waals surface area contributed by atoms with Gasteiger partial charge in [0.05, 0.1) is 17.8 Å². The highest BCUT2D eigenvalue weighted by molar-refractivity contribution is 6.31. The molecule has 36 heavy (non-hydrogen) atoms. The number of halogens is 5. The van der Waals surface area contributed by atoms with Gasteiger partial charge in [-0.2, -0.15) is 18.4 Å². The molecule has 0 bridgehead atoms. The van der Waals surface area contributed by atoms with Crippen LogP contribution in [0.1, 0.15) is 22.3 Å². The first kappa shape index (κ1) is 25.0. The van der Waals surface area contributed by atoms with E-state index in [1.807, 2.05) is 30.3 Å². The third-order valence-corrected chi connectivity index (χ3v) is 5.81. The quantitative estimate of drug-likeness (QED) is 0.266. The molecule has 0 aliphatic heterocycles. The molecule has 0 spiro atoms. The van der Waals surface area contributed by atoms with Gasteiger partial charge in [0.1, 0.15) is 29.8 Å². The second kappa shape index (κ2) is 10.3. The summed E-state index contributed by atoms with van der Waals surface area (Å²) in [4.78, 5) is 13.1. The lowest BCUT2D eigenvalue weighted by molar-refractivity contribution is -0.137. The molecular weight excluding hydrogens is 496 g/mol. The molecule has 0 N–H and O–H groups in total. The van der Waals surface area contributed by atoms with Crippen LogP contribution in [-0.2, 0) is 19.3 Å². The standard InChI is InChI=1S/C27H17ClF4N2O2/c28-24-12-20(29)9-6-19(24)15-34-25(13-23(27(30,31)32)22(14-33)26(34)35)18-7-10-21(11-8-18)36-16-17-4-2-1-3-5-17/h1-13H,15-16H2. The summed E-state index contributed by atoms with van der Waals surface area (Å²) in [5.74, 6) is -0.129. The van der Waals surface area contributed by atoms with E-state index in [1.165, 1.54) is 24.3 Å². The molecule has 0 fully saturated rings. The lowest BCUT2D eigenvalue weighted by Crippen LogP contribution is -2.28. The van der Waals surface area contributed by atoms with Crippen LogP contribution in [0.15, 0.2) is 83.7 Å². The van der Waals surface area contributed by atoms with Gasteiger partial charge in [-0.05, 0) is 59.2 Å². The molecule has 0 unspecified atom stereocenters. The summed E-state index contributed by atoms with van der Waals surface area (Å²) in [7, 11) is 0. The molecule has 4 rings (SSSR count). The number of nitrogens with zero attached hydrogens (tertiary/aromatic N) is 2. The fraction of sp³-hybridized carbons (Fsp3) is 0.111. The molecule has 4 aromatic rings. The van der Waals surface area contributed by atoms with Crippen LogP contribution in [0.2, 0.25) is 5.02 Å². The Morgan fingerprint density at radius 2 is 1.67 bits per heavy atom. The van der Waals surface area contributed by atoms with Gasteiger partial charge in [-0.15, -0.1) is 0 Å². The molecule has 182 valence electrons. The van der Waals surface area contributed by atoms with Crippen LogP contribution >= 0.6 is 11.6 Å². The van der Waals surface area contributed by atoms with Crippen LogP contribution in [0, 0.1) is 17.1 Å². The highest BCUT2D eigenvalue weighted by Gasteiger charge is 2.36. The molecule has 0 atom stereocenters. The maximum absolute atomic E-state index is 13.7. The predicted molar refractivity (Wildman–Crippen MR) is 127 cm³/mol. The van der Waals surface area contributed by atoms with Crippen molar-refractivity contribution >= 4 is 11.6 Å². The highest BCUT2D eigenvalue weighted by atomic mass is 35.5. The van der Waals surface area contributed by atoms with Crippen molar-refractivity contribution < 1.29 is 22.3 Å². The van der Waals surface area contributed by atoms with E-state index in [9.17, 15) is 27.6 Å². The van der Waals surface area contributed by atoms with Gasteiger partial charge in [0.15, 0.2) is 0 Å². The molecule has 1 heterocycles. The third kappa shape index (κ3) is 5.42. The first-order valence-corrected chi connectivity index (χ1v) is 11.0. The molecular formula is C27H17ClF4N2O2. The molecule has 0 radical (unpaired) electrons. The summed E-state index contributed by atoms with van der Waals surface area (Å²) < 4.78 is 61.4. The van der Waals surface area contributed by atoms with E-state index < -0.39 is 28.7 Å². The zero-order valence-electron chi connectivity index (χ0n) is 18.5. The van der Waals surface area contributed by atoms with Gasteiger partial charge in [-0.1, -0.05) is 48.0 Å². The molecule has 0 aliphatic carbocycles. The summed E-state index contributed by atoms with van der Waals surface area (Å²) in [6.45, 7) is 0.0232. The third-order valence-electron chi connectivity index (χ3n) is 5.46. The molecule has 4 nitrogen and oxygen atoms in total. The zero-order valence-corrected chi connectivity index (χ0v) is 19.3. The van der Waals surface area contributed by atoms with Crippen LogP contribution < -0.4 is 10.3 Å². The van der Waals surface area contributed by atoms with Crippen LogP contribution in [0.5, 0.6) is 5.75 Å². The van der Waals surface area contributed by atoms with Crippen molar-refractivity contribution in [2.75, 3.05) is 0 Å². The Morgan fingerprint density at radius 1 is 0.972 bits per heavy atom. The van der Waals surface area contributed by atoms with Crippen LogP contribution in [0.4, 0.5) is 17.6 Å². The van der Waals surface area contributed by atoms with E-state index >= 15 is 0 Å². The minimum atomic E-state index is -4.93. The molecule has 1 aromatic heterocycles. The fourth-order valence-corrected chi connectivity index (χ4v) is 3.88. The van der Waals surface area contributed by atoms with Crippen molar-refractivity contribution in [3.05, 3.63) is 122 Å². The van der Waals surface area contributed by atoms with Gasteiger partial charge < -0.3 is 9.30 Å². The van der Waals surface area contributed by atoms with Crippen LogP contribution in [0.3, 0.4) is 0 Å². The molecule has 0 saturated carbocycles. The smallest absolute Gasteiger partial charge is 0.417 e. The zero-order chi connectivity index (χ0) is 25.9. The number of ether oxygens (including phenoxy) is 1. The lowest BCUT2D eigenvalue weighted by Gasteiger charge is -2.18. The summed E-state index contributed by atoms with van der Waals surface area (Å²) >= 11 is 6.10. The van der Waals surface area contributed by atoms with E-state index in [4.69, 9.17) is 16.3 Å². The minimum Gasteiger partial charge on any atom is -0.489 e. The van der Waals surface area contributed by atoms with Crippen molar-refractivity contribution in [1.29, 1.82) is 5.26 Å². The normalized spacial score (nSPS) is 11.2. The number of aromatic nitrogens is 1. The number of pyridine rings is 1. The summed E-state index contributed by atoms with van der Waals surface area (Å²) in [5, 5.41) is 9.34. The Kier molecular flexibility index (Phi) is 7.13. The first-order valence-electron chi connectivity index (χ1n) is 10.6. The average molecular weight is 513 g/mol. The van der Waals surface area contributed by atoms with Gasteiger partial charge in [0.25, 0.3) is 5.56 Å². The van der Waals surface area contributed by atoms with Gasteiger partial charge in [-0.25, -0.2) is 4.39 Å². The number of rotatable bonds is 6. The molecule has 0 aliphatic rings. The van der Waals surface area contributed by atoms with Crippen molar-refractivity contribution in [2.45, 2.75) is 19.3 Å². The number of benzene rings is 3. The number of alkyl halides is 3. The maximum atomic E-state index is 13.7. The minimum absolute atomic E-state index is 0.00378. The monoisotopic (exact) mass is 512 g/mol. The van der Waals surface area contributed by atoms with E-state index in [-0.39, 0.29) is 22.8 Å². The largest absolute Gasteiger partial charge is 0.489 e. The first-order chi connectivity index (χ1) is 17.2. The summed E-state index contributed by atoms with van der Waals surface area (Å²) in [5.41, 5.74) is -2.06. The SMILES string of the molecule is N#Cc1c(C(F)(F)F)cc(-c2ccc(OCc3ccccc3)cc2)n(Cc2ccc(F)cc2Cl)c1=O. The Balaban J connectivity index is 1.78. The second-order valence-corrected chi connectivity index (χ2v) is 8.26. The summed E-state index contributed by atoms with van der Waals surface area (Å²) in [6.07, 6.45) is -4.93. The molecule has 9 heteroatoms.